The molecule has 0 spiro atoms. The number of amidine groups is 1. The van der Waals surface area contributed by atoms with Crippen LogP contribution >= 0.6 is 11.8 Å². The molecule has 248 valence electrons. The van der Waals surface area contributed by atoms with Gasteiger partial charge in [0, 0.05) is 44.3 Å². The summed E-state index contributed by atoms with van der Waals surface area (Å²) in [6.45, 7) is 4.52. The van der Waals surface area contributed by atoms with Crippen LogP contribution in [0, 0.1) is 24.2 Å². The first-order valence-corrected chi connectivity index (χ1v) is 17.7. The number of carbonyl (C=O) groups is 2. The van der Waals surface area contributed by atoms with Crippen LogP contribution in [0.15, 0.2) is 33.9 Å². The monoisotopic (exact) mass is 642 g/mol. The lowest BCUT2D eigenvalue weighted by molar-refractivity contribution is -0.127. The SMILES string of the molecule is C#CCC(C[C@@H](O)[C@H](CC1CCCCC1)NC(=O)[C@H](CSC)NC(=O)C1=NC2=CCC=CC2=N1)[C@@H](O)NCCN1CCOCC1. The minimum absolute atomic E-state index is 0.0349. The molecule has 0 aromatic carbocycles. The van der Waals surface area contributed by atoms with Crippen molar-refractivity contribution in [2.75, 3.05) is 51.4 Å². The molecule has 2 aliphatic carbocycles. The summed E-state index contributed by atoms with van der Waals surface area (Å²) < 4.78 is 5.41. The Morgan fingerprint density at radius 2 is 1.96 bits per heavy atom. The zero-order valence-corrected chi connectivity index (χ0v) is 27.3. The van der Waals surface area contributed by atoms with Crippen LogP contribution in [0.3, 0.4) is 0 Å². The fourth-order valence-electron chi connectivity index (χ4n) is 6.36. The van der Waals surface area contributed by atoms with Crippen LogP contribution in [-0.4, -0.2) is 114 Å². The first kappa shape index (κ1) is 35.3. The van der Waals surface area contributed by atoms with Crippen LogP contribution in [0.25, 0.3) is 0 Å². The Morgan fingerprint density at radius 1 is 1.18 bits per heavy atom. The van der Waals surface area contributed by atoms with E-state index in [1.165, 1.54) is 18.2 Å². The van der Waals surface area contributed by atoms with Crippen molar-refractivity contribution in [1.29, 1.82) is 0 Å². The molecular weight excluding hydrogens is 592 g/mol. The molecule has 11 nitrogen and oxygen atoms in total. The van der Waals surface area contributed by atoms with Gasteiger partial charge in [-0.05, 0) is 37.5 Å². The van der Waals surface area contributed by atoms with Crippen LogP contribution in [0.4, 0.5) is 0 Å². The maximum absolute atomic E-state index is 13.7. The van der Waals surface area contributed by atoms with E-state index in [4.69, 9.17) is 11.2 Å². The zero-order chi connectivity index (χ0) is 32.0. The van der Waals surface area contributed by atoms with E-state index in [1.807, 2.05) is 24.5 Å². The van der Waals surface area contributed by atoms with Gasteiger partial charge in [0.1, 0.15) is 12.3 Å². The summed E-state index contributed by atoms with van der Waals surface area (Å²) in [4.78, 5) is 37.7. The fourth-order valence-corrected chi connectivity index (χ4v) is 6.93. The molecule has 1 saturated carbocycles. The highest BCUT2D eigenvalue weighted by Gasteiger charge is 2.33. The Bertz CT molecular complexity index is 1150. The fraction of sp³-hybridized carbons (Fsp3) is 0.697. The molecule has 2 fully saturated rings. The van der Waals surface area contributed by atoms with Gasteiger partial charge in [-0.2, -0.15) is 11.8 Å². The van der Waals surface area contributed by atoms with Crippen molar-refractivity contribution in [2.45, 2.75) is 82.2 Å². The number of aliphatic imine (C=N–C) groups is 2. The van der Waals surface area contributed by atoms with Crippen molar-refractivity contribution in [2.24, 2.45) is 21.8 Å². The molecule has 5 N–H and O–H groups in total. The molecule has 4 aliphatic rings. The Morgan fingerprint density at radius 3 is 2.67 bits per heavy atom. The van der Waals surface area contributed by atoms with E-state index < -0.39 is 36.2 Å². The summed E-state index contributed by atoms with van der Waals surface area (Å²) in [6, 6.07) is -1.39. The molecule has 1 saturated heterocycles. The van der Waals surface area contributed by atoms with Gasteiger partial charge in [0.05, 0.1) is 36.8 Å². The first-order valence-electron chi connectivity index (χ1n) is 16.4. The van der Waals surface area contributed by atoms with E-state index in [1.54, 1.807) is 0 Å². The largest absolute Gasteiger partial charge is 0.391 e. The van der Waals surface area contributed by atoms with Crippen LogP contribution in [0.5, 0.6) is 0 Å². The second-order valence-electron chi connectivity index (χ2n) is 12.3. The number of hydrogen-bond acceptors (Lipinski definition) is 10. The van der Waals surface area contributed by atoms with E-state index >= 15 is 0 Å². The highest BCUT2D eigenvalue weighted by atomic mass is 32.2. The summed E-state index contributed by atoms with van der Waals surface area (Å²) in [7, 11) is 0. The van der Waals surface area contributed by atoms with E-state index in [2.05, 4.69) is 36.8 Å². The van der Waals surface area contributed by atoms with Crippen LogP contribution in [0.2, 0.25) is 0 Å². The molecule has 0 bridgehead atoms. The molecule has 2 amide bonds. The van der Waals surface area contributed by atoms with Crippen LogP contribution in [0.1, 0.15) is 57.8 Å². The number of ether oxygens (including phenoxy) is 1. The summed E-state index contributed by atoms with van der Waals surface area (Å²) in [6.07, 6.45) is 18.9. The summed E-state index contributed by atoms with van der Waals surface area (Å²) >= 11 is 1.44. The summed E-state index contributed by atoms with van der Waals surface area (Å²) in [5.74, 6) is 2.15. The van der Waals surface area contributed by atoms with E-state index in [9.17, 15) is 19.8 Å². The Balaban J connectivity index is 1.39. The molecule has 1 unspecified atom stereocenters. The zero-order valence-electron chi connectivity index (χ0n) is 26.5. The smallest absolute Gasteiger partial charge is 0.289 e. The van der Waals surface area contributed by atoms with Gasteiger partial charge < -0.3 is 25.6 Å². The number of aliphatic hydroxyl groups is 2. The molecule has 5 atom stereocenters. The number of hydrogen-bond donors (Lipinski definition) is 5. The lowest BCUT2D eigenvalue weighted by atomic mass is 9.82. The third-order valence-electron chi connectivity index (χ3n) is 8.96. The Hall–Kier alpha value is -2.53. The lowest BCUT2D eigenvalue weighted by Gasteiger charge is -2.34. The number of rotatable bonds is 17. The number of morpholine rings is 1. The normalized spacial score (nSPS) is 22.1. The maximum Gasteiger partial charge on any atom is 0.289 e. The standard InChI is InChI=1S/C33H50N6O5S/c1-3-9-24(31(41)34-14-15-39-16-18-44-19-17-39)21-29(40)27(20-23-10-5-4-6-11-23)37-32(42)28(22-45-2)38-33(43)30-35-25-12-7-8-13-26(25)36-30/h1,7,12-13,23-24,27-29,31,34,40-41H,4-6,8-11,14-22H2,2H3,(H,37,42)(H,38,43)/t24?,27-,28-,29+,31+/m0/s1. The Kier molecular flexibility index (Phi) is 14.6. The molecule has 2 heterocycles. The van der Waals surface area contributed by atoms with Crippen LogP contribution in [-0.2, 0) is 14.3 Å². The van der Waals surface area contributed by atoms with Gasteiger partial charge in [0.2, 0.25) is 11.7 Å². The van der Waals surface area contributed by atoms with Crippen molar-refractivity contribution in [1.82, 2.24) is 20.9 Å². The van der Waals surface area contributed by atoms with Gasteiger partial charge in [-0.1, -0.05) is 44.3 Å². The van der Waals surface area contributed by atoms with E-state index in [0.29, 0.717) is 49.3 Å². The molecular formula is C33H50N6O5S. The predicted molar refractivity (Wildman–Crippen MR) is 179 cm³/mol. The van der Waals surface area contributed by atoms with Gasteiger partial charge in [-0.3, -0.25) is 19.8 Å². The summed E-state index contributed by atoms with van der Waals surface area (Å²) in [5.41, 5.74) is 1.32. The third-order valence-corrected chi connectivity index (χ3v) is 9.62. The number of nitrogens with zero attached hydrogens (tertiary/aromatic N) is 3. The van der Waals surface area contributed by atoms with E-state index in [-0.39, 0.29) is 24.6 Å². The number of allylic oxidation sites excluding steroid dienone is 3. The van der Waals surface area contributed by atoms with Gasteiger partial charge in [0.15, 0.2) is 0 Å². The van der Waals surface area contributed by atoms with Crippen molar-refractivity contribution < 1.29 is 24.5 Å². The minimum Gasteiger partial charge on any atom is -0.391 e. The predicted octanol–water partition coefficient (Wildman–Crippen LogP) is 1.62. The Labute approximate surface area is 271 Å². The molecule has 45 heavy (non-hydrogen) atoms. The highest BCUT2D eigenvalue weighted by Crippen LogP contribution is 2.29. The quantitative estimate of drug-likeness (QED) is 0.119. The first-order chi connectivity index (χ1) is 21.9. The highest BCUT2D eigenvalue weighted by molar-refractivity contribution is 7.98. The maximum atomic E-state index is 13.7. The average molecular weight is 643 g/mol. The van der Waals surface area contributed by atoms with Crippen molar-refractivity contribution >= 4 is 35.1 Å². The number of fused-ring (bicyclic) bond motifs is 1. The topological polar surface area (TPSA) is 148 Å². The van der Waals surface area contributed by atoms with Crippen molar-refractivity contribution in [3.63, 3.8) is 0 Å². The average Bonchev–Trinajstić information content (AvgIpc) is 3.50. The number of terminal acetylenes is 1. The number of nitrogens with one attached hydrogen (secondary N) is 3. The second-order valence-corrected chi connectivity index (χ2v) is 13.2. The summed E-state index contributed by atoms with van der Waals surface area (Å²) in [5, 5.41) is 31.7. The number of amides is 2. The molecule has 0 aromatic heterocycles. The van der Waals surface area contributed by atoms with Gasteiger partial charge in [0.25, 0.3) is 5.91 Å². The number of aliphatic hydroxyl groups excluding tert-OH is 2. The second kappa shape index (κ2) is 18.6. The molecule has 12 heteroatoms. The van der Waals surface area contributed by atoms with E-state index in [0.717, 1.165) is 51.7 Å². The minimum atomic E-state index is -0.928. The molecule has 0 aromatic rings. The number of carbonyl (C=O) groups excluding carboxylic acids is 2. The molecule has 4 rings (SSSR count). The van der Waals surface area contributed by atoms with Crippen molar-refractivity contribution in [3.05, 3.63) is 23.9 Å². The number of thioether (sulfide) groups is 1. The van der Waals surface area contributed by atoms with Gasteiger partial charge in [-0.25, -0.2) is 9.98 Å². The van der Waals surface area contributed by atoms with Crippen LogP contribution < -0.4 is 16.0 Å². The van der Waals surface area contributed by atoms with Gasteiger partial charge in [-0.15, -0.1) is 12.3 Å². The molecule has 0 radical (unpaired) electrons. The van der Waals surface area contributed by atoms with Crippen molar-refractivity contribution in [3.8, 4) is 12.3 Å². The third kappa shape index (κ3) is 11.0. The molecule has 2 aliphatic heterocycles. The van der Waals surface area contributed by atoms with Gasteiger partial charge >= 0.3 is 0 Å². The lowest BCUT2D eigenvalue weighted by Crippen LogP contribution is -2.55.